The number of aryl methyl sites for hydroxylation is 1. The van der Waals surface area contributed by atoms with Gasteiger partial charge in [-0.3, -0.25) is 4.79 Å². The average molecular weight is 471 g/mol. The third kappa shape index (κ3) is 5.44. The first-order chi connectivity index (χ1) is 16.6. The summed E-state index contributed by atoms with van der Waals surface area (Å²) in [5, 5.41) is 9.68. The molecule has 172 valence electrons. The minimum atomic E-state index is -0.292. The van der Waals surface area contributed by atoms with Crippen molar-refractivity contribution in [1.29, 1.82) is 5.26 Å². The van der Waals surface area contributed by atoms with Crippen molar-refractivity contribution in [1.82, 2.24) is 0 Å². The number of benzene rings is 3. The van der Waals surface area contributed by atoms with E-state index in [1.165, 1.54) is 10.5 Å². The Balaban J connectivity index is 1.42. The molecule has 0 radical (unpaired) electrons. The number of hydrogen-bond acceptors (Lipinski definition) is 5. The Morgan fingerprint density at radius 1 is 1.12 bits per heavy atom. The van der Waals surface area contributed by atoms with Crippen molar-refractivity contribution in [3.8, 4) is 17.6 Å². The van der Waals surface area contributed by atoms with Gasteiger partial charge in [-0.1, -0.05) is 42.0 Å². The van der Waals surface area contributed by atoms with Crippen LogP contribution in [0.3, 0.4) is 0 Å². The molecule has 1 aliphatic heterocycles. The van der Waals surface area contributed by atoms with Gasteiger partial charge >= 0.3 is 0 Å². The van der Waals surface area contributed by atoms with Crippen molar-refractivity contribution >= 4 is 29.4 Å². The predicted molar refractivity (Wildman–Crippen MR) is 136 cm³/mol. The number of para-hydroxylation sites is 1. The topological polar surface area (TPSA) is 62.6 Å². The number of carbonyl (C=O) groups is 1. The third-order valence-electron chi connectivity index (χ3n) is 5.61. The second-order valence-electron chi connectivity index (χ2n) is 7.93. The summed E-state index contributed by atoms with van der Waals surface area (Å²) in [7, 11) is 1.58. The summed E-state index contributed by atoms with van der Waals surface area (Å²) in [6.45, 7) is 3.18. The normalized spacial score (nSPS) is 12.7. The number of nitriles is 1. The summed E-state index contributed by atoms with van der Waals surface area (Å²) >= 11 is 1.73. The molecular formula is C28H26N2O3S. The van der Waals surface area contributed by atoms with Gasteiger partial charge in [-0.05, 0) is 60.9 Å². The Bertz CT molecular complexity index is 1250. The molecule has 6 heteroatoms. The van der Waals surface area contributed by atoms with Crippen molar-refractivity contribution in [3.05, 3.63) is 89.0 Å². The van der Waals surface area contributed by atoms with Gasteiger partial charge in [0.2, 0.25) is 0 Å². The molecule has 3 aromatic rings. The van der Waals surface area contributed by atoms with Crippen LogP contribution in [0.2, 0.25) is 0 Å². The molecule has 0 saturated heterocycles. The lowest BCUT2D eigenvalue weighted by atomic mass is 10.1. The van der Waals surface area contributed by atoms with Gasteiger partial charge in [0.05, 0.1) is 13.7 Å². The Morgan fingerprint density at radius 3 is 2.68 bits per heavy atom. The molecule has 0 saturated carbocycles. The quantitative estimate of drug-likeness (QED) is 0.184. The molecule has 3 aromatic carbocycles. The molecule has 1 aliphatic rings. The lowest BCUT2D eigenvalue weighted by Crippen LogP contribution is -2.29. The average Bonchev–Trinajstić information content (AvgIpc) is 3.30. The van der Waals surface area contributed by atoms with Gasteiger partial charge in [0.1, 0.15) is 11.6 Å². The lowest BCUT2D eigenvalue weighted by molar-refractivity contribution is -0.114. The van der Waals surface area contributed by atoms with Crippen LogP contribution in [-0.4, -0.2) is 31.9 Å². The molecule has 0 aliphatic carbocycles. The van der Waals surface area contributed by atoms with Crippen LogP contribution in [0.5, 0.6) is 11.5 Å². The van der Waals surface area contributed by atoms with Crippen LogP contribution in [0.4, 0.5) is 5.69 Å². The van der Waals surface area contributed by atoms with Gasteiger partial charge in [-0.15, -0.1) is 11.8 Å². The largest absolute Gasteiger partial charge is 0.493 e. The van der Waals surface area contributed by atoms with E-state index in [4.69, 9.17) is 9.47 Å². The minimum absolute atomic E-state index is 0.0851. The molecule has 0 bridgehead atoms. The van der Waals surface area contributed by atoms with E-state index in [-0.39, 0.29) is 11.5 Å². The highest BCUT2D eigenvalue weighted by molar-refractivity contribution is 7.99. The zero-order valence-corrected chi connectivity index (χ0v) is 20.1. The standard InChI is InChI=1S/C28H26N2O3S/c1-20-7-10-24(11-8-20)34-16-15-33-26-12-9-21(18-27(26)32-2)17-23(19-29)28(31)30-14-13-22-5-3-4-6-25(22)30/h3-12,17-18H,13-16H2,1-2H3. The zero-order valence-electron chi connectivity index (χ0n) is 19.3. The number of anilines is 1. The van der Waals surface area contributed by atoms with E-state index in [0.717, 1.165) is 23.4 Å². The van der Waals surface area contributed by atoms with Gasteiger partial charge < -0.3 is 14.4 Å². The highest BCUT2D eigenvalue weighted by Gasteiger charge is 2.26. The third-order valence-corrected chi connectivity index (χ3v) is 6.59. The molecule has 0 fully saturated rings. The predicted octanol–water partition coefficient (Wildman–Crippen LogP) is 5.67. The molecule has 1 amide bonds. The number of fused-ring (bicyclic) bond motifs is 1. The van der Waals surface area contributed by atoms with Gasteiger partial charge in [-0.2, -0.15) is 5.26 Å². The number of carbonyl (C=O) groups excluding carboxylic acids is 1. The fourth-order valence-electron chi connectivity index (χ4n) is 3.84. The SMILES string of the molecule is COc1cc(C=C(C#N)C(=O)N2CCc3ccccc32)ccc1OCCSc1ccc(C)cc1. The van der Waals surface area contributed by atoms with E-state index in [0.29, 0.717) is 30.2 Å². The van der Waals surface area contributed by atoms with Crippen LogP contribution in [0.15, 0.2) is 77.2 Å². The van der Waals surface area contributed by atoms with Crippen LogP contribution < -0.4 is 14.4 Å². The Kier molecular flexibility index (Phi) is 7.56. The summed E-state index contributed by atoms with van der Waals surface area (Å²) in [6, 6.07) is 23.7. The minimum Gasteiger partial charge on any atom is -0.493 e. The fraction of sp³-hybridized carbons (Fsp3) is 0.214. The first-order valence-corrected chi connectivity index (χ1v) is 12.1. The molecule has 1 heterocycles. The summed E-state index contributed by atoms with van der Waals surface area (Å²) in [5.41, 5.74) is 4.03. The molecular weight excluding hydrogens is 444 g/mol. The molecule has 0 aromatic heterocycles. The van der Waals surface area contributed by atoms with Crippen LogP contribution in [0.25, 0.3) is 6.08 Å². The number of amides is 1. The van der Waals surface area contributed by atoms with Crippen molar-refractivity contribution < 1.29 is 14.3 Å². The van der Waals surface area contributed by atoms with E-state index in [9.17, 15) is 10.1 Å². The van der Waals surface area contributed by atoms with Gasteiger partial charge in [0.25, 0.3) is 5.91 Å². The Hall–Kier alpha value is -3.69. The summed E-state index contributed by atoms with van der Waals surface area (Å²) < 4.78 is 11.4. The molecule has 0 atom stereocenters. The smallest absolute Gasteiger partial charge is 0.268 e. The molecule has 5 nitrogen and oxygen atoms in total. The van der Waals surface area contributed by atoms with Crippen molar-refractivity contribution in [2.75, 3.05) is 30.9 Å². The van der Waals surface area contributed by atoms with E-state index >= 15 is 0 Å². The summed E-state index contributed by atoms with van der Waals surface area (Å²) in [4.78, 5) is 15.9. The van der Waals surface area contributed by atoms with Gasteiger partial charge in [0, 0.05) is 22.9 Å². The van der Waals surface area contributed by atoms with Crippen LogP contribution >= 0.6 is 11.8 Å². The number of ether oxygens (including phenoxy) is 2. The second kappa shape index (κ2) is 11.0. The number of rotatable bonds is 8. The summed E-state index contributed by atoms with van der Waals surface area (Å²) in [6.07, 6.45) is 2.39. The molecule has 4 rings (SSSR count). The number of thioether (sulfide) groups is 1. The zero-order chi connectivity index (χ0) is 23.9. The monoisotopic (exact) mass is 470 g/mol. The highest BCUT2D eigenvalue weighted by atomic mass is 32.2. The van der Waals surface area contributed by atoms with E-state index in [2.05, 4.69) is 37.3 Å². The maximum absolute atomic E-state index is 13.1. The molecule has 0 unspecified atom stereocenters. The van der Waals surface area contributed by atoms with Crippen LogP contribution in [0.1, 0.15) is 16.7 Å². The maximum Gasteiger partial charge on any atom is 0.268 e. The molecule has 0 N–H and O–H groups in total. The number of nitrogens with zero attached hydrogens (tertiary/aromatic N) is 2. The first-order valence-electron chi connectivity index (χ1n) is 11.1. The van der Waals surface area contributed by atoms with Gasteiger partial charge in [0.15, 0.2) is 11.5 Å². The first kappa shape index (κ1) is 23.5. The van der Waals surface area contributed by atoms with Crippen molar-refractivity contribution in [2.24, 2.45) is 0 Å². The maximum atomic E-state index is 13.1. The highest BCUT2D eigenvalue weighted by Crippen LogP contribution is 2.31. The van der Waals surface area contributed by atoms with E-state index in [1.807, 2.05) is 36.4 Å². The van der Waals surface area contributed by atoms with Gasteiger partial charge in [-0.25, -0.2) is 0 Å². The summed E-state index contributed by atoms with van der Waals surface area (Å²) in [5.74, 6) is 1.70. The van der Waals surface area contributed by atoms with E-state index < -0.39 is 0 Å². The molecule has 34 heavy (non-hydrogen) atoms. The molecule has 0 spiro atoms. The Morgan fingerprint density at radius 2 is 1.91 bits per heavy atom. The van der Waals surface area contributed by atoms with Crippen molar-refractivity contribution in [2.45, 2.75) is 18.2 Å². The Labute approximate surface area is 204 Å². The fourth-order valence-corrected chi connectivity index (χ4v) is 4.57. The number of hydrogen-bond donors (Lipinski definition) is 0. The van der Waals surface area contributed by atoms with Crippen LogP contribution in [0, 0.1) is 18.3 Å². The second-order valence-corrected chi connectivity index (χ2v) is 9.09. The lowest BCUT2D eigenvalue weighted by Gasteiger charge is -2.16. The number of methoxy groups -OCH3 is 1. The van der Waals surface area contributed by atoms with Crippen LogP contribution in [-0.2, 0) is 11.2 Å². The van der Waals surface area contributed by atoms with Crippen molar-refractivity contribution in [3.63, 3.8) is 0 Å². The van der Waals surface area contributed by atoms with E-state index in [1.54, 1.807) is 35.9 Å².